The molecule has 1 fully saturated rings. The average molecular weight is 398 g/mol. The van der Waals surface area contributed by atoms with Crippen molar-refractivity contribution in [2.24, 2.45) is 0 Å². The molecular weight excluding hydrogens is 374 g/mol. The number of carbonyl (C=O) groups excluding carboxylic acids is 1. The summed E-state index contributed by atoms with van der Waals surface area (Å²) in [6.45, 7) is 5.12. The first kappa shape index (κ1) is 20.0. The van der Waals surface area contributed by atoms with Gasteiger partial charge in [0, 0.05) is 19.6 Å². The van der Waals surface area contributed by atoms with Gasteiger partial charge in [0.1, 0.15) is 0 Å². The van der Waals surface area contributed by atoms with Crippen molar-refractivity contribution in [3.8, 4) is 16.8 Å². The van der Waals surface area contributed by atoms with Crippen molar-refractivity contribution in [1.29, 1.82) is 0 Å². The van der Waals surface area contributed by atoms with Crippen LogP contribution >= 0.6 is 12.4 Å². The monoisotopic (exact) mass is 397 g/mol. The second-order valence-corrected chi connectivity index (χ2v) is 6.74. The Hall–Kier alpha value is -2.70. The Balaban J connectivity index is 0.00000225. The molecule has 0 bridgehead atoms. The molecule has 146 valence electrons. The largest absolute Gasteiger partial charge is 0.336 e. The SMILES string of the molecule is Cc1c(C(=O)N2CCCNCC2)nnn1-c1ccc(-c2ccccc2)cc1.Cl. The lowest BCUT2D eigenvalue weighted by Crippen LogP contribution is -2.34. The zero-order valence-corrected chi connectivity index (χ0v) is 16.7. The molecule has 0 spiro atoms. The van der Waals surface area contributed by atoms with E-state index in [1.54, 1.807) is 4.68 Å². The van der Waals surface area contributed by atoms with Crippen LogP contribution < -0.4 is 5.32 Å². The lowest BCUT2D eigenvalue weighted by atomic mass is 10.1. The summed E-state index contributed by atoms with van der Waals surface area (Å²) in [5.74, 6) is -0.0386. The molecule has 7 heteroatoms. The fourth-order valence-corrected chi connectivity index (χ4v) is 3.40. The zero-order valence-electron chi connectivity index (χ0n) is 15.8. The van der Waals surface area contributed by atoms with Crippen molar-refractivity contribution >= 4 is 18.3 Å². The summed E-state index contributed by atoms with van der Waals surface area (Å²) in [5.41, 5.74) is 4.42. The maximum atomic E-state index is 12.8. The second-order valence-electron chi connectivity index (χ2n) is 6.74. The van der Waals surface area contributed by atoms with E-state index in [4.69, 9.17) is 0 Å². The van der Waals surface area contributed by atoms with Crippen LogP contribution in [0.2, 0.25) is 0 Å². The molecule has 1 saturated heterocycles. The normalized spacial score (nSPS) is 14.2. The third-order valence-corrected chi connectivity index (χ3v) is 4.94. The minimum atomic E-state index is -0.0386. The number of halogens is 1. The number of amides is 1. The molecular formula is C21H24ClN5O. The molecule has 6 nitrogen and oxygen atoms in total. The number of nitrogens with zero attached hydrogens (tertiary/aromatic N) is 4. The van der Waals surface area contributed by atoms with Crippen LogP contribution in [0, 0.1) is 6.92 Å². The molecule has 28 heavy (non-hydrogen) atoms. The van der Waals surface area contributed by atoms with Gasteiger partial charge in [-0.25, -0.2) is 4.68 Å². The van der Waals surface area contributed by atoms with Crippen LogP contribution in [0.1, 0.15) is 22.6 Å². The highest BCUT2D eigenvalue weighted by Crippen LogP contribution is 2.21. The number of rotatable bonds is 3. The summed E-state index contributed by atoms with van der Waals surface area (Å²) in [6, 6.07) is 18.4. The molecule has 4 rings (SSSR count). The molecule has 1 aliphatic heterocycles. The number of hydrogen-bond acceptors (Lipinski definition) is 4. The maximum Gasteiger partial charge on any atom is 0.276 e. The molecule has 2 aromatic carbocycles. The fraction of sp³-hybridized carbons (Fsp3) is 0.286. The molecule has 1 aliphatic rings. The molecule has 1 aromatic heterocycles. The van der Waals surface area contributed by atoms with Gasteiger partial charge in [0.05, 0.1) is 11.4 Å². The summed E-state index contributed by atoms with van der Waals surface area (Å²) < 4.78 is 1.73. The van der Waals surface area contributed by atoms with E-state index in [0.29, 0.717) is 12.2 Å². The number of aromatic nitrogens is 3. The lowest BCUT2D eigenvalue weighted by molar-refractivity contribution is 0.0759. The first-order chi connectivity index (χ1) is 13.2. The highest BCUT2D eigenvalue weighted by Gasteiger charge is 2.23. The van der Waals surface area contributed by atoms with Crippen molar-refractivity contribution in [2.45, 2.75) is 13.3 Å². The summed E-state index contributed by atoms with van der Waals surface area (Å²) in [7, 11) is 0. The van der Waals surface area contributed by atoms with E-state index in [9.17, 15) is 4.79 Å². The van der Waals surface area contributed by atoms with E-state index < -0.39 is 0 Å². The van der Waals surface area contributed by atoms with Crippen molar-refractivity contribution in [1.82, 2.24) is 25.2 Å². The highest BCUT2D eigenvalue weighted by atomic mass is 35.5. The molecule has 0 radical (unpaired) electrons. The molecule has 0 aliphatic carbocycles. The molecule has 0 unspecified atom stereocenters. The van der Waals surface area contributed by atoms with Gasteiger partial charge in [-0.3, -0.25) is 4.79 Å². The topological polar surface area (TPSA) is 63.1 Å². The molecule has 1 amide bonds. The van der Waals surface area contributed by atoms with Crippen LogP contribution in [0.25, 0.3) is 16.8 Å². The van der Waals surface area contributed by atoms with Crippen LogP contribution in [0.4, 0.5) is 0 Å². The lowest BCUT2D eigenvalue weighted by Gasteiger charge is -2.18. The molecule has 1 N–H and O–H groups in total. The van der Waals surface area contributed by atoms with Crippen LogP contribution in [-0.4, -0.2) is 52.0 Å². The maximum absolute atomic E-state index is 12.8. The van der Waals surface area contributed by atoms with E-state index in [-0.39, 0.29) is 18.3 Å². The minimum absolute atomic E-state index is 0. The standard InChI is InChI=1S/C21H23N5O.ClH/c1-16-20(21(27)25-14-5-12-22-13-15-25)23-24-26(16)19-10-8-18(9-11-19)17-6-3-2-4-7-17;/h2-4,6-11,22H,5,12-15H2,1H3;1H. The van der Waals surface area contributed by atoms with Crippen molar-refractivity contribution in [3.63, 3.8) is 0 Å². The summed E-state index contributed by atoms with van der Waals surface area (Å²) >= 11 is 0. The first-order valence-electron chi connectivity index (χ1n) is 9.32. The van der Waals surface area contributed by atoms with Crippen LogP contribution in [-0.2, 0) is 0 Å². The van der Waals surface area contributed by atoms with Gasteiger partial charge in [0.15, 0.2) is 5.69 Å². The number of benzene rings is 2. The Morgan fingerprint density at radius 1 is 0.964 bits per heavy atom. The Labute approximate surface area is 171 Å². The Bertz CT molecular complexity index is 916. The molecule has 0 atom stereocenters. The highest BCUT2D eigenvalue weighted by molar-refractivity contribution is 5.93. The third-order valence-electron chi connectivity index (χ3n) is 4.94. The van der Waals surface area contributed by atoms with Crippen molar-refractivity contribution in [2.75, 3.05) is 26.2 Å². The van der Waals surface area contributed by atoms with Crippen LogP contribution in [0.3, 0.4) is 0 Å². The number of hydrogen-bond donors (Lipinski definition) is 1. The van der Waals surface area contributed by atoms with Gasteiger partial charge in [-0.15, -0.1) is 17.5 Å². The zero-order chi connectivity index (χ0) is 18.6. The van der Waals surface area contributed by atoms with E-state index in [1.165, 1.54) is 5.56 Å². The van der Waals surface area contributed by atoms with Crippen molar-refractivity contribution < 1.29 is 4.79 Å². The summed E-state index contributed by atoms with van der Waals surface area (Å²) in [4.78, 5) is 14.7. The molecule has 2 heterocycles. The van der Waals surface area contributed by atoms with Gasteiger partial charge in [-0.2, -0.15) is 0 Å². The van der Waals surface area contributed by atoms with Gasteiger partial charge in [0.2, 0.25) is 0 Å². The fourth-order valence-electron chi connectivity index (χ4n) is 3.40. The third kappa shape index (κ3) is 4.08. The van der Waals surface area contributed by atoms with Crippen LogP contribution in [0.5, 0.6) is 0 Å². The second kappa shape index (κ2) is 8.99. The van der Waals surface area contributed by atoms with Gasteiger partial charge >= 0.3 is 0 Å². The summed E-state index contributed by atoms with van der Waals surface area (Å²) in [5, 5.41) is 11.7. The first-order valence-corrected chi connectivity index (χ1v) is 9.32. The Morgan fingerprint density at radius 3 is 2.43 bits per heavy atom. The van der Waals surface area contributed by atoms with Gasteiger partial charge in [-0.1, -0.05) is 47.7 Å². The Kier molecular flexibility index (Phi) is 6.44. The molecule has 3 aromatic rings. The predicted molar refractivity (Wildman–Crippen MR) is 112 cm³/mol. The summed E-state index contributed by atoms with van der Waals surface area (Å²) in [6.07, 6.45) is 0.958. The quantitative estimate of drug-likeness (QED) is 0.737. The number of carbonyl (C=O) groups is 1. The van der Waals surface area contributed by atoms with E-state index in [1.807, 2.05) is 42.2 Å². The predicted octanol–water partition coefficient (Wildman–Crippen LogP) is 3.10. The van der Waals surface area contributed by atoms with Gasteiger partial charge in [-0.05, 0) is 43.1 Å². The molecule has 0 saturated carbocycles. The van der Waals surface area contributed by atoms with Gasteiger partial charge < -0.3 is 10.2 Å². The smallest absolute Gasteiger partial charge is 0.276 e. The van der Waals surface area contributed by atoms with E-state index >= 15 is 0 Å². The number of nitrogens with one attached hydrogen (secondary N) is 1. The van der Waals surface area contributed by atoms with Crippen molar-refractivity contribution in [3.05, 3.63) is 66.0 Å². The van der Waals surface area contributed by atoms with E-state index in [0.717, 1.165) is 43.0 Å². The average Bonchev–Trinajstić information content (AvgIpc) is 2.92. The van der Waals surface area contributed by atoms with Gasteiger partial charge in [0.25, 0.3) is 5.91 Å². The minimum Gasteiger partial charge on any atom is -0.336 e. The Morgan fingerprint density at radius 2 is 1.68 bits per heavy atom. The van der Waals surface area contributed by atoms with E-state index in [2.05, 4.69) is 39.9 Å². The van der Waals surface area contributed by atoms with Crippen LogP contribution in [0.15, 0.2) is 54.6 Å².